The number of hydrogen-bond acceptors (Lipinski definition) is 2. The Kier molecular flexibility index (Phi) is 4.39. The summed E-state index contributed by atoms with van der Waals surface area (Å²) < 4.78 is 0. The van der Waals surface area contributed by atoms with Crippen molar-refractivity contribution in [2.24, 2.45) is 5.92 Å². The summed E-state index contributed by atoms with van der Waals surface area (Å²) in [5.74, 6) is 0.729. The predicted octanol–water partition coefficient (Wildman–Crippen LogP) is 2.27. The Morgan fingerprint density at radius 3 is 2.14 bits per heavy atom. The van der Waals surface area contributed by atoms with Gasteiger partial charge in [0, 0.05) is 18.6 Å². The summed E-state index contributed by atoms with van der Waals surface area (Å²) in [5, 5.41) is 9.38. The van der Waals surface area contributed by atoms with Gasteiger partial charge in [0.05, 0.1) is 6.10 Å². The zero-order chi connectivity index (χ0) is 10.7. The highest BCUT2D eigenvalue weighted by molar-refractivity contribution is 4.88. The number of aliphatic hydroxyl groups is 1. The van der Waals surface area contributed by atoms with Crippen LogP contribution in [0.1, 0.15) is 47.0 Å². The fourth-order valence-electron chi connectivity index (χ4n) is 2.15. The van der Waals surface area contributed by atoms with E-state index in [9.17, 15) is 5.11 Å². The molecule has 0 aromatic carbocycles. The van der Waals surface area contributed by atoms with Gasteiger partial charge in [-0.25, -0.2) is 0 Å². The molecule has 0 aromatic heterocycles. The van der Waals surface area contributed by atoms with Crippen LogP contribution in [0.2, 0.25) is 0 Å². The monoisotopic (exact) mass is 199 g/mol. The molecule has 0 aliphatic heterocycles. The molecule has 0 spiro atoms. The Morgan fingerprint density at radius 2 is 1.79 bits per heavy atom. The Bertz CT molecular complexity index is 164. The van der Waals surface area contributed by atoms with Crippen molar-refractivity contribution in [3.05, 3.63) is 0 Å². The molecule has 1 N–H and O–H groups in total. The summed E-state index contributed by atoms with van der Waals surface area (Å²) in [6.07, 6.45) is 3.45. The van der Waals surface area contributed by atoms with Crippen LogP contribution in [0, 0.1) is 5.92 Å². The highest BCUT2D eigenvalue weighted by Gasteiger charge is 2.32. The van der Waals surface area contributed by atoms with Gasteiger partial charge in [0.25, 0.3) is 0 Å². The summed E-state index contributed by atoms with van der Waals surface area (Å²) in [5.41, 5.74) is 0. The molecule has 0 radical (unpaired) electrons. The number of rotatable bonds is 6. The quantitative estimate of drug-likeness (QED) is 0.709. The molecule has 84 valence electrons. The van der Waals surface area contributed by atoms with Crippen LogP contribution in [-0.2, 0) is 0 Å². The molecule has 0 bridgehead atoms. The van der Waals surface area contributed by atoms with Crippen molar-refractivity contribution in [3.8, 4) is 0 Å². The van der Waals surface area contributed by atoms with Crippen LogP contribution in [0.5, 0.6) is 0 Å². The molecule has 2 atom stereocenters. The second-order valence-corrected chi connectivity index (χ2v) is 5.26. The van der Waals surface area contributed by atoms with Gasteiger partial charge in [-0.15, -0.1) is 0 Å². The first-order valence-electron chi connectivity index (χ1n) is 5.94. The summed E-state index contributed by atoms with van der Waals surface area (Å²) in [6.45, 7) is 9.85. The van der Waals surface area contributed by atoms with E-state index in [0.29, 0.717) is 6.04 Å². The van der Waals surface area contributed by atoms with E-state index in [-0.39, 0.29) is 6.10 Å². The smallest absolute Gasteiger partial charge is 0.0526 e. The first kappa shape index (κ1) is 12.0. The van der Waals surface area contributed by atoms with Gasteiger partial charge < -0.3 is 5.11 Å². The Labute approximate surface area is 88.3 Å². The summed E-state index contributed by atoms with van der Waals surface area (Å²) >= 11 is 0. The largest absolute Gasteiger partial charge is 0.393 e. The van der Waals surface area contributed by atoms with E-state index < -0.39 is 0 Å². The van der Waals surface area contributed by atoms with E-state index in [1.807, 2.05) is 6.92 Å². The summed E-state index contributed by atoms with van der Waals surface area (Å²) in [6, 6.07) is 1.34. The molecule has 2 heteroatoms. The Morgan fingerprint density at radius 1 is 1.21 bits per heavy atom. The molecule has 0 aromatic rings. The number of nitrogens with zero attached hydrogens (tertiary/aromatic N) is 1. The molecule has 1 aliphatic rings. The van der Waals surface area contributed by atoms with E-state index in [1.165, 1.54) is 19.4 Å². The average Bonchev–Trinajstić information content (AvgIpc) is 2.80. The Hall–Kier alpha value is -0.0800. The van der Waals surface area contributed by atoms with Crippen molar-refractivity contribution in [2.75, 3.05) is 6.54 Å². The number of aliphatic hydroxyl groups excluding tert-OH is 1. The Balaban J connectivity index is 2.40. The van der Waals surface area contributed by atoms with E-state index in [1.54, 1.807) is 0 Å². The molecule has 1 saturated carbocycles. The first-order valence-corrected chi connectivity index (χ1v) is 5.94. The standard InChI is InChI=1S/C12H25NO/c1-9(2)8-13(12-5-6-12)10(3)7-11(4)14/h9-12,14H,5-8H2,1-4H3. The molecule has 1 fully saturated rings. The van der Waals surface area contributed by atoms with Gasteiger partial charge in [-0.1, -0.05) is 13.8 Å². The van der Waals surface area contributed by atoms with Crippen molar-refractivity contribution < 1.29 is 5.11 Å². The van der Waals surface area contributed by atoms with Crippen LogP contribution in [-0.4, -0.2) is 34.7 Å². The van der Waals surface area contributed by atoms with Crippen molar-refractivity contribution in [3.63, 3.8) is 0 Å². The van der Waals surface area contributed by atoms with E-state index in [4.69, 9.17) is 0 Å². The summed E-state index contributed by atoms with van der Waals surface area (Å²) in [4.78, 5) is 2.58. The van der Waals surface area contributed by atoms with Crippen LogP contribution in [0.4, 0.5) is 0 Å². The van der Waals surface area contributed by atoms with Gasteiger partial charge in [0.15, 0.2) is 0 Å². The summed E-state index contributed by atoms with van der Waals surface area (Å²) in [7, 11) is 0. The minimum Gasteiger partial charge on any atom is -0.393 e. The molecule has 0 amide bonds. The van der Waals surface area contributed by atoms with Gasteiger partial charge >= 0.3 is 0 Å². The molecule has 1 aliphatic carbocycles. The number of hydrogen-bond donors (Lipinski definition) is 1. The third kappa shape index (κ3) is 3.97. The zero-order valence-corrected chi connectivity index (χ0v) is 10.0. The topological polar surface area (TPSA) is 23.5 Å². The van der Waals surface area contributed by atoms with Crippen LogP contribution in [0.25, 0.3) is 0 Å². The SMILES string of the molecule is CC(C)CN(C(C)CC(C)O)C1CC1. The van der Waals surface area contributed by atoms with Gasteiger partial charge in [0.1, 0.15) is 0 Å². The van der Waals surface area contributed by atoms with Crippen molar-refractivity contribution in [1.29, 1.82) is 0 Å². The van der Waals surface area contributed by atoms with Crippen molar-refractivity contribution in [1.82, 2.24) is 4.90 Å². The van der Waals surface area contributed by atoms with Crippen LogP contribution < -0.4 is 0 Å². The predicted molar refractivity (Wildman–Crippen MR) is 60.3 cm³/mol. The molecule has 0 heterocycles. The molecule has 14 heavy (non-hydrogen) atoms. The van der Waals surface area contributed by atoms with Gasteiger partial charge in [0.2, 0.25) is 0 Å². The second-order valence-electron chi connectivity index (χ2n) is 5.26. The lowest BCUT2D eigenvalue weighted by atomic mass is 10.1. The van der Waals surface area contributed by atoms with Crippen LogP contribution in [0.3, 0.4) is 0 Å². The third-order valence-corrected chi connectivity index (χ3v) is 2.84. The first-order chi connectivity index (χ1) is 6.50. The molecule has 2 nitrogen and oxygen atoms in total. The van der Waals surface area contributed by atoms with E-state index in [0.717, 1.165) is 18.4 Å². The molecular weight excluding hydrogens is 174 g/mol. The lowest BCUT2D eigenvalue weighted by Crippen LogP contribution is -2.39. The second kappa shape index (κ2) is 5.13. The van der Waals surface area contributed by atoms with E-state index in [2.05, 4.69) is 25.7 Å². The maximum absolute atomic E-state index is 9.38. The normalized spacial score (nSPS) is 21.6. The minimum absolute atomic E-state index is 0.168. The highest BCUT2D eigenvalue weighted by Crippen LogP contribution is 2.30. The van der Waals surface area contributed by atoms with Gasteiger partial charge in [-0.05, 0) is 39.0 Å². The lowest BCUT2D eigenvalue weighted by Gasteiger charge is -2.31. The molecule has 0 saturated heterocycles. The lowest BCUT2D eigenvalue weighted by molar-refractivity contribution is 0.107. The van der Waals surface area contributed by atoms with E-state index >= 15 is 0 Å². The minimum atomic E-state index is -0.168. The maximum Gasteiger partial charge on any atom is 0.0526 e. The van der Waals surface area contributed by atoms with Crippen molar-refractivity contribution >= 4 is 0 Å². The van der Waals surface area contributed by atoms with Crippen LogP contribution in [0.15, 0.2) is 0 Å². The average molecular weight is 199 g/mol. The van der Waals surface area contributed by atoms with Gasteiger partial charge in [-0.3, -0.25) is 4.90 Å². The zero-order valence-electron chi connectivity index (χ0n) is 10.0. The molecular formula is C12H25NO. The fourth-order valence-corrected chi connectivity index (χ4v) is 2.15. The molecule has 1 rings (SSSR count). The highest BCUT2D eigenvalue weighted by atomic mass is 16.3. The van der Waals surface area contributed by atoms with Crippen LogP contribution >= 0.6 is 0 Å². The molecule has 2 unspecified atom stereocenters. The van der Waals surface area contributed by atoms with Gasteiger partial charge in [-0.2, -0.15) is 0 Å². The third-order valence-electron chi connectivity index (χ3n) is 2.84. The maximum atomic E-state index is 9.38. The fraction of sp³-hybridized carbons (Fsp3) is 1.00. The van der Waals surface area contributed by atoms with Crippen molar-refractivity contribution in [2.45, 2.75) is 65.1 Å².